The van der Waals surface area contributed by atoms with Crippen molar-refractivity contribution in [2.24, 2.45) is 0 Å². The van der Waals surface area contributed by atoms with Crippen molar-refractivity contribution in [3.05, 3.63) is 46.1 Å². The number of aromatic nitrogens is 1. The van der Waals surface area contributed by atoms with Gasteiger partial charge < -0.3 is 20.1 Å². The van der Waals surface area contributed by atoms with Gasteiger partial charge in [0.2, 0.25) is 0 Å². The van der Waals surface area contributed by atoms with Gasteiger partial charge in [0.15, 0.2) is 0 Å². The number of fused-ring (bicyclic) bond motifs is 1. The third kappa shape index (κ3) is 3.11. The van der Waals surface area contributed by atoms with E-state index in [4.69, 9.17) is 0 Å². The first kappa shape index (κ1) is 15.6. The summed E-state index contributed by atoms with van der Waals surface area (Å²) in [7, 11) is 0. The van der Waals surface area contributed by atoms with Gasteiger partial charge in [-0.3, -0.25) is 9.78 Å². The molecule has 2 aromatic heterocycles. The summed E-state index contributed by atoms with van der Waals surface area (Å²) >= 11 is 1.34. The first-order valence-corrected chi connectivity index (χ1v) is 8.32. The minimum absolute atomic E-state index is 0.141. The molecular formula is C16H17N3O3S. The van der Waals surface area contributed by atoms with Crippen LogP contribution >= 0.6 is 11.3 Å². The van der Waals surface area contributed by atoms with E-state index in [1.165, 1.54) is 28.6 Å². The summed E-state index contributed by atoms with van der Waals surface area (Å²) in [5.74, 6) is -1.57. The number of hydrogen-bond acceptors (Lipinski definition) is 5. The topological polar surface area (TPSA) is 86.6 Å². The van der Waals surface area contributed by atoms with Crippen molar-refractivity contribution in [3.63, 3.8) is 0 Å². The number of carbonyl (C=O) groups is 2. The van der Waals surface area contributed by atoms with Crippen molar-refractivity contribution >= 4 is 28.2 Å². The minimum atomic E-state index is -1.23. The number of nitrogens with zero attached hydrogens (tertiary/aromatic N) is 1. The molecule has 23 heavy (non-hydrogen) atoms. The van der Waals surface area contributed by atoms with Gasteiger partial charge in [-0.2, -0.15) is 0 Å². The monoisotopic (exact) mass is 331 g/mol. The molecule has 1 aliphatic heterocycles. The first-order valence-electron chi connectivity index (χ1n) is 7.51. The Morgan fingerprint density at radius 3 is 2.78 bits per heavy atom. The van der Waals surface area contributed by atoms with Gasteiger partial charge in [0.05, 0.1) is 23.9 Å². The van der Waals surface area contributed by atoms with Gasteiger partial charge in [0.1, 0.15) is 11.5 Å². The molecule has 3 rings (SSSR count). The lowest BCUT2D eigenvalue weighted by molar-refractivity contribution is -0.913. The van der Waals surface area contributed by atoms with Crippen LogP contribution in [0.5, 0.6) is 0 Å². The maximum absolute atomic E-state index is 12.3. The number of likely N-dealkylation sites (N-methyl/N-ethyl adjacent to an activating group) is 1. The van der Waals surface area contributed by atoms with E-state index in [2.05, 4.69) is 17.2 Å². The molecule has 6 nitrogen and oxygen atoms in total. The summed E-state index contributed by atoms with van der Waals surface area (Å²) in [6.07, 6.45) is 3.75. The van der Waals surface area contributed by atoms with E-state index < -0.39 is 5.97 Å². The van der Waals surface area contributed by atoms with Crippen LogP contribution < -0.4 is 15.3 Å². The van der Waals surface area contributed by atoms with Gasteiger partial charge in [-0.05, 0) is 24.6 Å². The highest BCUT2D eigenvalue weighted by Gasteiger charge is 2.27. The molecular weight excluding hydrogens is 314 g/mol. The van der Waals surface area contributed by atoms with Crippen LogP contribution in [0.3, 0.4) is 0 Å². The summed E-state index contributed by atoms with van der Waals surface area (Å²) in [4.78, 5) is 30.1. The molecule has 0 radical (unpaired) electrons. The van der Waals surface area contributed by atoms with Crippen LogP contribution in [-0.4, -0.2) is 29.9 Å². The standard InChI is InChI=1S/C16H17N3O3S/c1-2-19-8-5-11-12(9-19)23-15(13(11)16(21)22)18-14(20)10-3-6-17-7-4-10/h3-4,6-7H,2,5,8-9H2,1H3,(H,18,20)(H,21,22). The van der Waals surface area contributed by atoms with Crippen LogP contribution in [0.2, 0.25) is 0 Å². The maximum atomic E-state index is 12.3. The molecule has 3 heterocycles. The number of carbonyl (C=O) groups excluding carboxylic acids is 2. The molecule has 120 valence electrons. The Morgan fingerprint density at radius 1 is 1.39 bits per heavy atom. The van der Waals surface area contributed by atoms with Crippen molar-refractivity contribution in [2.75, 3.05) is 18.4 Å². The largest absolute Gasteiger partial charge is 0.545 e. The van der Waals surface area contributed by atoms with E-state index in [1.807, 2.05) is 0 Å². The van der Waals surface area contributed by atoms with Crippen molar-refractivity contribution in [2.45, 2.75) is 19.9 Å². The Labute approximate surface area is 137 Å². The van der Waals surface area contributed by atoms with Gasteiger partial charge in [0.25, 0.3) is 5.91 Å². The normalized spacial score (nSPS) is 16.7. The predicted octanol–water partition coefficient (Wildman–Crippen LogP) is -0.280. The van der Waals surface area contributed by atoms with E-state index >= 15 is 0 Å². The molecule has 0 spiro atoms. The fraction of sp³-hybridized carbons (Fsp3) is 0.312. The molecule has 1 amide bonds. The molecule has 0 saturated carbocycles. The summed E-state index contributed by atoms with van der Waals surface area (Å²) in [6.45, 7) is 4.80. The quantitative estimate of drug-likeness (QED) is 0.807. The van der Waals surface area contributed by atoms with E-state index in [0.717, 1.165) is 30.1 Å². The zero-order valence-electron chi connectivity index (χ0n) is 12.7. The number of nitrogens with one attached hydrogen (secondary N) is 2. The van der Waals surface area contributed by atoms with Crippen LogP contribution in [0.25, 0.3) is 0 Å². The summed E-state index contributed by atoms with van der Waals surface area (Å²) < 4.78 is 0. The molecule has 1 atom stereocenters. The molecule has 7 heteroatoms. The van der Waals surface area contributed by atoms with Gasteiger partial charge in [-0.15, -0.1) is 11.3 Å². The Hall–Kier alpha value is -2.25. The fourth-order valence-corrected chi connectivity index (χ4v) is 4.12. The Bertz CT molecular complexity index is 743. The number of carboxylic acid groups (broad SMARTS) is 1. The lowest BCUT2D eigenvalue weighted by Crippen LogP contribution is -3.11. The Balaban J connectivity index is 1.92. The summed E-state index contributed by atoms with van der Waals surface area (Å²) in [5.41, 5.74) is 1.40. The fourth-order valence-electron chi connectivity index (χ4n) is 2.82. The van der Waals surface area contributed by atoms with Crippen molar-refractivity contribution in [1.82, 2.24) is 4.98 Å². The number of thiophene rings is 1. The van der Waals surface area contributed by atoms with E-state index in [9.17, 15) is 14.7 Å². The highest BCUT2D eigenvalue weighted by atomic mass is 32.1. The van der Waals surface area contributed by atoms with Gasteiger partial charge in [0, 0.05) is 29.9 Å². The number of amides is 1. The average Bonchev–Trinajstić information content (AvgIpc) is 2.92. The molecule has 1 unspecified atom stereocenters. The van der Waals surface area contributed by atoms with Crippen LogP contribution in [0.15, 0.2) is 24.5 Å². The third-order valence-electron chi connectivity index (χ3n) is 4.10. The smallest absolute Gasteiger partial charge is 0.256 e. The Morgan fingerprint density at radius 2 is 2.13 bits per heavy atom. The van der Waals surface area contributed by atoms with Crippen LogP contribution in [0.1, 0.15) is 38.1 Å². The van der Waals surface area contributed by atoms with Crippen molar-refractivity contribution in [3.8, 4) is 0 Å². The lowest BCUT2D eigenvalue weighted by atomic mass is 10.0. The van der Waals surface area contributed by atoms with Crippen LogP contribution in [-0.2, 0) is 13.0 Å². The third-order valence-corrected chi connectivity index (χ3v) is 5.25. The van der Waals surface area contributed by atoms with Gasteiger partial charge in [-0.25, -0.2) is 0 Å². The number of anilines is 1. The first-order chi connectivity index (χ1) is 11.1. The second kappa shape index (κ2) is 6.47. The van der Waals surface area contributed by atoms with Crippen molar-refractivity contribution in [1.29, 1.82) is 0 Å². The van der Waals surface area contributed by atoms with Crippen molar-refractivity contribution < 1.29 is 19.6 Å². The molecule has 0 saturated heterocycles. The number of aromatic carboxylic acids is 1. The highest BCUT2D eigenvalue weighted by Crippen LogP contribution is 2.34. The summed E-state index contributed by atoms with van der Waals surface area (Å²) in [6, 6.07) is 3.18. The Kier molecular flexibility index (Phi) is 4.40. The predicted molar refractivity (Wildman–Crippen MR) is 84.6 cm³/mol. The zero-order valence-corrected chi connectivity index (χ0v) is 13.5. The zero-order chi connectivity index (χ0) is 16.4. The number of quaternary nitrogens is 1. The summed E-state index contributed by atoms with van der Waals surface area (Å²) in [5, 5.41) is 14.6. The molecule has 0 bridgehead atoms. The number of pyridine rings is 1. The molecule has 0 fully saturated rings. The van der Waals surface area contributed by atoms with E-state index in [1.54, 1.807) is 12.1 Å². The molecule has 0 aromatic carbocycles. The lowest BCUT2D eigenvalue weighted by Gasteiger charge is -2.23. The van der Waals surface area contributed by atoms with Crippen LogP contribution in [0.4, 0.5) is 5.00 Å². The molecule has 1 aliphatic rings. The van der Waals surface area contributed by atoms with Crippen LogP contribution in [0, 0.1) is 0 Å². The number of rotatable bonds is 4. The minimum Gasteiger partial charge on any atom is -0.545 e. The average molecular weight is 331 g/mol. The SMILES string of the molecule is CC[NH+]1CCc2c(sc(NC(=O)c3ccncc3)c2C(=O)[O-])C1. The second-order valence-electron chi connectivity index (χ2n) is 5.47. The molecule has 2 N–H and O–H groups in total. The molecule has 0 aliphatic carbocycles. The van der Waals surface area contributed by atoms with Gasteiger partial charge >= 0.3 is 0 Å². The van der Waals surface area contributed by atoms with E-state index in [-0.39, 0.29) is 11.5 Å². The van der Waals surface area contributed by atoms with Gasteiger partial charge in [-0.1, -0.05) is 0 Å². The second-order valence-corrected chi connectivity index (χ2v) is 6.57. The maximum Gasteiger partial charge on any atom is 0.256 e. The number of hydrogen-bond donors (Lipinski definition) is 2. The van der Waals surface area contributed by atoms with E-state index in [0.29, 0.717) is 17.0 Å². The number of carboxylic acids is 1. The highest BCUT2D eigenvalue weighted by molar-refractivity contribution is 7.17. The molecule has 2 aromatic rings.